The summed E-state index contributed by atoms with van der Waals surface area (Å²) in [6, 6.07) is 0. The van der Waals surface area contributed by atoms with Gasteiger partial charge in [-0.3, -0.25) is 4.79 Å². The van der Waals surface area contributed by atoms with Crippen molar-refractivity contribution in [3.05, 3.63) is 23.4 Å². The summed E-state index contributed by atoms with van der Waals surface area (Å²) >= 11 is 0. The van der Waals surface area contributed by atoms with Crippen molar-refractivity contribution in [3.8, 4) is 0 Å². The summed E-state index contributed by atoms with van der Waals surface area (Å²) in [6.45, 7) is 1.89. The van der Waals surface area contributed by atoms with Crippen LogP contribution in [0.2, 0.25) is 0 Å². The fourth-order valence-corrected chi connectivity index (χ4v) is 1.25. The van der Waals surface area contributed by atoms with Crippen LogP contribution in [-0.2, 0) is 4.79 Å². The van der Waals surface area contributed by atoms with E-state index in [0.29, 0.717) is 6.42 Å². The zero-order valence-electron chi connectivity index (χ0n) is 6.76. The van der Waals surface area contributed by atoms with Crippen molar-refractivity contribution in [2.75, 3.05) is 0 Å². The van der Waals surface area contributed by atoms with E-state index in [1.165, 1.54) is 0 Å². The predicted molar refractivity (Wildman–Crippen MR) is 44.9 cm³/mol. The van der Waals surface area contributed by atoms with Gasteiger partial charge in [-0.05, 0) is 19.8 Å². The number of Topliss-reactive ketones (excluding diaryl/α,β-unsaturated/α-hetero) is 1. The minimum Gasteiger partial charge on any atom is -0.401 e. The van der Waals surface area contributed by atoms with Crippen LogP contribution >= 0.6 is 0 Å². The lowest BCUT2D eigenvalue weighted by Crippen LogP contribution is -2.14. The monoisotopic (exact) mass is 151 g/mol. The highest BCUT2D eigenvalue weighted by molar-refractivity contribution is 5.99. The third-order valence-corrected chi connectivity index (χ3v) is 1.83. The SMILES string of the molecule is C/C=C/C1=C(N)CCCC1=O. The summed E-state index contributed by atoms with van der Waals surface area (Å²) < 4.78 is 0. The molecule has 0 spiro atoms. The highest BCUT2D eigenvalue weighted by Crippen LogP contribution is 2.18. The van der Waals surface area contributed by atoms with Crippen LogP contribution in [0.5, 0.6) is 0 Å². The highest BCUT2D eigenvalue weighted by Gasteiger charge is 2.15. The average Bonchev–Trinajstić information content (AvgIpc) is 1.97. The first-order chi connectivity index (χ1) is 5.25. The minimum absolute atomic E-state index is 0.187. The molecule has 1 rings (SSSR count). The summed E-state index contributed by atoms with van der Waals surface area (Å²) in [5, 5.41) is 0. The van der Waals surface area contributed by atoms with Gasteiger partial charge in [0.15, 0.2) is 5.78 Å². The van der Waals surface area contributed by atoms with E-state index in [2.05, 4.69) is 0 Å². The summed E-state index contributed by atoms with van der Waals surface area (Å²) in [7, 11) is 0. The Hall–Kier alpha value is -1.05. The number of allylic oxidation sites excluding steroid dienone is 4. The average molecular weight is 151 g/mol. The molecule has 0 aromatic carbocycles. The standard InChI is InChI=1S/C9H13NO/c1-2-4-7-8(10)5-3-6-9(7)11/h2,4H,3,5-6,10H2,1H3/b4-2+. The largest absolute Gasteiger partial charge is 0.401 e. The normalized spacial score (nSPS) is 19.9. The first kappa shape index (κ1) is 8.05. The number of carbonyl (C=O) groups excluding carboxylic acids is 1. The van der Waals surface area contributed by atoms with E-state index in [1.807, 2.05) is 13.0 Å². The zero-order valence-corrected chi connectivity index (χ0v) is 6.76. The van der Waals surface area contributed by atoms with Crippen LogP contribution in [0.4, 0.5) is 0 Å². The lowest BCUT2D eigenvalue weighted by atomic mass is 9.95. The van der Waals surface area contributed by atoms with Crippen molar-refractivity contribution in [1.29, 1.82) is 0 Å². The number of hydrogen-bond acceptors (Lipinski definition) is 2. The third kappa shape index (κ3) is 1.70. The van der Waals surface area contributed by atoms with Gasteiger partial charge in [-0.15, -0.1) is 0 Å². The van der Waals surface area contributed by atoms with E-state index in [-0.39, 0.29) is 5.78 Å². The van der Waals surface area contributed by atoms with Crippen molar-refractivity contribution in [1.82, 2.24) is 0 Å². The van der Waals surface area contributed by atoms with E-state index in [1.54, 1.807) is 6.08 Å². The van der Waals surface area contributed by atoms with Crippen LogP contribution < -0.4 is 5.73 Å². The number of ketones is 1. The van der Waals surface area contributed by atoms with E-state index in [9.17, 15) is 4.79 Å². The molecule has 0 aromatic rings. The van der Waals surface area contributed by atoms with Crippen molar-refractivity contribution in [3.63, 3.8) is 0 Å². The summed E-state index contributed by atoms with van der Waals surface area (Å²) in [4.78, 5) is 11.2. The van der Waals surface area contributed by atoms with Gasteiger partial charge in [-0.2, -0.15) is 0 Å². The number of carbonyl (C=O) groups is 1. The second-order valence-electron chi connectivity index (χ2n) is 2.72. The second kappa shape index (κ2) is 3.37. The predicted octanol–water partition coefficient (Wildman–Crippen LogP) is 1.53. The molecule has 60 valence electrons. The van der Waals surface area contributed by atoms with Gasteiger partial charge in [0.25, 0.3) is 0 Å². The zero-order chi connectivity index (χ0) is 8.27. The summed E-state index contributed by atoms with van der Waals surface area (Å²) in [5.41, 5.74) is 7.13. The molecule has 0 bridgehead atoms. The highest BCUT2D eigenvalue weighted by atomic mass is 16.1. The Bertz CT molecular complexity index is 226. The van der Waals surface area contributed by atoms with Crippen molar-refractivity contribution in [2.45, 2.75) is 26.2 Å². The molecule has 1 aliphatic rings. The summed E-state index contributed by atoms with van der Waals surface area (Å²) in [6.07, 6.45) is 6.08. The molecule has 0 radical (unpaired) electrons. The van der Waals surface area contributed by atoms with Crippen LogP contribution in [0.15, 0.2) is 23.4 Å². The number of nitrogens with two attached hydrogens (primary N) is 1. The van der Waals surface area contributed by atoms with Crippen LogP contribution in [0.1, 0.15) is 26.2 Å². The Morgan fingerprint density at radius 2 is 2.18 bits per heavy atom. The Labute approximate surface area is 66.8 Å². The van der Waals surface area contributed by atoms with E-state index in [4.69, 9.17) is 5.73 Å². The maximum Gasteiger partial charge on any atom is 0.164 e. The minimum atomic E-state index is 0.187. The molecule has 0 amide bonds. The van der Waals surface area contributed by atoms with Crippen LogP contribution in [0.3, 0.4) is 0 Å². The van der Waals surface area contributed by atoms with Crippen LogP contribution in [0, 0.1) is 0 Å². The Kier molecular flexibility index (Phi) is 2.47. The second-order valence-corrected chi connectivity index (χ2v) is 2.72. The van der Waals surface area contributed by atoms with E-state index >= 15 is 0 Å². The smallest absolute Gasteiger partial charge is 0.164 e. The molecule has 2 N–H and O–H groups in total. The van der Waals surface area contributed by atoms with Gasteiger partial charge >= 0.3 is 0 Å². The summed E-state index contributed by atoms with van der Waals surface area (Å²) in [5.74, 6) is 0.187. The molecule has 0 fully saturated rings. The maximum absolute atomic E-state index is 11.2. The number of hydrogen-bond donors (Lipinski definition) is 1. The Balaban J connectivity index is 2.91. The molecule has 1 aliphatic carbocycles. The molecule has 0 unspecified atom stereocenters. The molecule has 2 nitrogen and oxygen atoms in total. The third-order valence-electron chi connectivity index (χ3n) is 1.83. The molecule has 11 heavy (non-hydrogen) atoms. The Morgan fingerprint density at radius 1 is 1.45 bits per heavy atom. The van der Waals surface area contributed by atoms with Gasteiger partial charge in [0.1, 0.15) is 0 Å². The van der Waals surface area contributed by atoms with Crippen molar-refractivity contribution < 1.29 is 4.79 Å². The molecular formula is C9H13NO. The van der Waals surface area contributed by atoms with Gasteiger partial charge in [0.05, 0.1) is 0 Å². The van der Waals surface area contributed by atoms with Gasteiger partial charge < -0.3 is 5.73 Å². The first-order valence-electron chi connectivity index (χ1n) is 3.90. The van der Waals surface area contributed by atoms with Crippen molar-refractivity contribution in [2.24, 2.45) is 5.73 Å². The molecule has 0 aromatic heterocycles. The quantitative estimate of drug-likeness (QED) is 0.617. The molecule has 2 heteroatoms. The first-order valence-corrected chi connectivity index (χ1v) is 3.90. The van der Waals surface area contributed by atoms with Gasteiger partial charge in [0.2, 0.25) is 0 Å². The van der Waals surface area contributed by atoms with E-state index < -0.39 is 0 Å². The molecular weight excluding hydrogens is 138 g/mol. The topological polar surface area (TPSA) is 43.1 Å². The van der Waals surface area contributed by atoms with Crippen molar-refractivity contribution >= 4 is 5.78 Å². The molecule has 0 heterocycles. The van der Waals surface area contributed by atoms with Crippen LogP contribution in [0.25, 0.3) is 0 Å². The maximum atomic E-state index is 11.2. The van der Waals surface area contributed by atoms with E-state index in [0.717, 1.165) is 24.1 Å². The molecule has 0 atom stereocenters. The number of rotatable bonds is 1. The Morgan fingerprint density at radius 3 is 2.73 bits per heavy atom. The van der Waals surface area contributed by atoms with Gasteiger partial charge in [0, 0.05) is 17.7 Å². The molecule has 0 aliphatic heterocycles. The van der Waals surface area contributed by atoms with Crippen LogP contribution in [-0.4, -0.2) is 5.78 Å². The lowest BCUT2D eigenvalue weighted by molar-refractivity contribution is -0.115. The lowest BCUT2D eigenvalue weighted by Gasteiger charge is -2.12. The molecule has 0 saturated carbocycles. The fourth-order valence-electron chi connectivity index (χ4n) is 1.25. The molecule has 0 saturated heterocycles. The van der Waals surface area contributed by atoms with Gasteiger partial charge in [-0.25, -0.2) is 0 Å². The fraction of sp³-hybridized carbons (Fsp3) is 0.444. The van der Waals surface area contributed by atoms with Gasteiger partial charge in [-0.1, -0.05) is 12.2 Å².